The fourth-order valence-corrected chi connectivity index (χ4v) is 3.02. The molecule has 2 rings (SSSR count). The van der Waals surface area contributed by atoms with E-state index in [4.69, 9.17) is 0 Å². The highest BCUT2D eigenvalue weighted by molar-refractivity contribution is 5.16. The summed E-state index contributed by atoms with van der Waals surface area (Å²) in [5.41, 5.74) is 2.61. The fourth-order valence-electron chi connectivity index (χ4n) is 3.02. The summed E-state index contributed by atoms with van der Waals surface area (Å²) in [5, 5.41) is 8.22. The summed E-state index contributed by atoms with van der Waals surface area (Å²) in [6, 6.07) is 0.695. The molecule has 1 saturated carbocycles. The highest BCUT2D eigenvalue weighted by Crippen LogP contribution is 2.29. The highest BCUT2D eigenvalue weighted by Gasteiger charge is 2.24. The molecule has 102 valence electrons. The number of aryl methyl sites for hydroxylation is 2. The average molecular weight is 249 g/mol. The molecule has 0 radical (unpaired) electrons. The Morgan fingerprint density at radius 1 is 1.33 bits per heavy atom. The Morgan fingerprint density at radius 3 is 2.78 bits per heavy atom. The van der Waals surface area contributed by atoms with Crippen molar-refractivity contribution in [3.63, 3.8) is 0 Å². The third-order valence-corrected chi connectivity index (χ3v) is 4.51. The number of nitrogens with zero attached hydrogens (tertiary/aromatic N) is 2. The molecular weight excluding hydrogens is 222 g/mol. The van der Waals surface area contributed by atoms with Gasteiger partial charge >= 0.3 is 0 Å². The lowest BCUT2D eigenvalue weighted by Crippen LogP contribution is -2.35. The Labute approximate surface area is 111 Å². The zero-order valence-corrected chi connectivity index (χ0v) is 12.2. The van der Waals surface area contributed by atoms with Crippen molar-refractivity contribution in [2.24, 2.45) is 18.9 Å². The van der Waals surface area contributed by atoms with Crippen molar-refractivity contribution in [1.82, 2.24) is 15.1 Å². The van der Waals surface area contributed by atoms with E-state index in [0.29, 0.717) is 6.04 Å². The van der Waals surface area contributed by atoms with Crippen molar-refractivity contribution >= 4 is 0 Å². The highest BCUT2D eigenvalue weighted by atomic mass is 15.3. The smallest absolute Gasteiger partial charge is 0.0666 e. The molecule has 1 N–H and O–H groups in total. The first kappa shape index (κ1) is 13.6. The Hall–Kier alpha value is -0.830. The van der Waals surface area contributed by atoms with E-state index < -0.39 is 0 Å². The Morgan fingerprint density at radius 2 is 2.11 bits per heavy atom. The molecule has 1 aliphatic carbocycles. The molecule has 3 heteroatoms. The summed E-state index contributed by atoms with van der Waals surface area (Å²) in [6.45, 7) is 7.93. The largest absolute Gasteiger partial charge is 0.310 e. The topological polar surface area (TPSA) is 29.9 Å². The van der Waals surface area contributed by atoms with Crippen LogP contribution < -0.4 is 5.32 Å². The van der Waals surface area contributed by atoms with Crippen LogP contribution in [0.4, 0.5) is 0 Å². The molecule has 1 fully saturated rings. The van der Waals surface area contributed by atoms with Crippen molar-refractivity contribution in [2.45, 2.75) is 59.0 Å². The molecule has 0 amide bonds. The molecule has 3 nitrogen and oxygen atoms in total. The van der Waals surface area contributed by atoms with Crippen LogP contribution in [0.25, 0.3) is 0 Å². The van der Waals surface area contributed by atoms with Gasteiger partial charge in [-0.05, 0) is 37.5 Å². The van der Waals surface area contributed by atoms with Crippen LogP contribution in [0.1, 0.15) is 51.3 Å². The summed E-state index contributed by atoms with van der Waals surface area (Å²) >= 11 is 0. The van der Waals surface area contributed by atoms with E-state index in [1.807, 2.05) is 11.7 Å². The van der Waals surface area contributed by atoms with E-state index in [0.717, 1.165) is 24.8 Å². The SMILES string of the molecule is CCc1nn(C)cc1CNC1CCC(C)C(C)C1. The van der Waals surface area contributed by atoms with Crippen molar-refractivity contribution in [2.75, 3.05) is 0 Å². The van der Waals surface area contributed by atoms with Crippen molar-refractivity contribution in [3.05, 3.63) is 17.5 Å². The Bertz CT molecular complexity index is 383. The molecule has 1 aromatic rings. The van der Waals surface area contributed by atoms with Gasteiger partial charge < -0.3 is 5.32 Å². The van der Waals surface area contributed by atoms with Crippen LogP contribution in [-0.4, -0.2) is 15.8 Å². The van der Waals surface area contributed by atoms with Crippen LogP contribution in [0, 0.1) is 11.8 Å². The number of hydrogen-bond donors (Lipinski definition) is 1. The van der Waals surface area contributed by atoms with Gasteiger partial charge in [0.1, 0.15) is 0 Å². The van der Waals surface area contributed by atoms with E-state index in [1.165, 1.54) is 30.5 Å². The minimum Gasteiger partial charge on any atom is -0.310 e. The lowest BCUT2D eigenvalue weighted by molar-refractivity contribution is 0.225. The van der Waals surface area contributed by atoms with Crippen molar-refractivity contribution in [1.29, 1.82) is 0 Å². The first-order valence-electron chi connectivity index (χ1n) is 7.35. The summed E-state index contributed by atoms with van der Waals surface area (Å²) in [7, 11) is 2.01. The first-order valence-corrected chi connectivity index (χ1v) is 7.35. The monoisotopic (exact) mass is 249 g/mol. The molecule has 0 aliphatic heterocycles. The van der Waals surface area contributed by atoms with E-state index in [1.54, 1.807) is 0 Å². The lowest BCUT2D eigenvalue weighted by atomic mass is 9.79. The minimum absolute atomic E-state index is 0.695. The van der Waals surface area contributed by atoms with Gasteiger partial charge in [0.25, 0.3) is 0 Å². The number of hydrogen-bond acceptors (Lipinski definition) is 2. The normalized spacial score (nSPS) is 28.6. The van der Waals surface area contributed by atoms with Gasteiger partial charge in [-0.15, -0.1) is 0 Å². The summed E-state index contributed by atoms with van der Waals surface area (Å²) < 4.78 is 1.93. The van der Waals surface area contributed by atoms with Gasteiger partial charge in [-0.2, -0.15) is 5.10 Å². The molecule has 0 spiro atoms. The molecule has 0 bridgehead atoms. The summed E-state index contributed by atoms with van der Waals surface area (Å²) in [6.07, 6.45) is 7.19. The van der Waals surface area contributed by atoms with Gasteiger partial charge in [0.15, 0.2) is 0 Å². The van der Waals surface area contributed by atoms with Gasteiger partial charge in [0, 0.05) is 31.4 Å². The second-order valence-electron chi connectivity index (χ2n) is 5.97. The third-order valence-electron chi connectivity index (χ3n) is 4.51. The Balaban J connectivity index is 1.87. The Kier molecular flexibility index (Phi) is 4.44. The van der Waals surface area contributed by atoms with Crippen LogP contribution >= 0.6 is 0 Å². The fraction of sp³-hybridized carbons (Fsp3) is 0.800. The van der Waals surface area contributed by atoms with Gasteiger partial charge in [0.2, 0.25) is 0 Å². The van der Waals surface area contributed by atoms with Gasteiger partial charge in [-0.25, -0.2) is 0 Å². The number of nitrogens with one attached hydrogen (secondary N) is 1. The first-order chi connectivity index (χ1) is 8.60. The molecule has 1 aliphatic rings. The molecule has 1 aromatic heterocycles. The maximum atomic E-state index is 4.50. The van der Waals surface area contributed by atoms with Gasteiger partial charge in [-0.3, -0.25) is 4.68 Å². The second-order valence-corrected chi connectivity index (χ2v) is 5.97. The van der Waals surface area contributed by atoms with Crippen LogP contribution in [0.5, 0.6) is 0 Å². The second kappa shape index (κ2) is 5.87. The zero-order chi connectivity index (χ0) is 13.1. The lowest BCUT2D eigenvalue weighted by Gasteiger charge is -2.32. The van der Waals surface area contributed by atoms with Crippen LogP contribution in [0.3, 0.4) is 0 Å². The summed E-state index contributed by atoms with van der Waals surface area (Å²) in [5.74, 6) is 1.75. The molecule has 0 saturated heterocycles. The summed E-state index contributed by atoms with van der Waals surface area (Å²) in [4.78, 5) is 0. The maximum absolute atomic E-state index is 4.50. The molecule has 18 heavy (non-hydrogen) atoms. The van der Waals surface area contributed by atoms with E-state index in [9.17, 15) is 0 Å². The van der Waals surface area contributed by atoms with Gasteiger partial charge in [-0.1, -0.05) is 20.8 Å². The predicted molar refractivity (Wildman–Crippen MR) is 75.4 cm³/mol. The van der Waals surface area contributed by atoms with Crippen LogP contribution in [0.2, 0.25) is 0 Å². The third kappa shape index (κ3) is 3.14. The molecule has 0 aromatic carbocycles. The molecule has 3 atom stereocenters. The standard InChI is InChI=1S/C15H27N3/c1-5-15-13(10-18(4)17-15)9-16-14-7-6-11(2)12(3)8-14/h10-12,14,16H,5-9H2,1-4H3. The van der Waals surface area contributed by atoms with Crippen LogP contribution in [0.15, 0.2) is 6.20 Å². The van der Waals surface area contributed by atoms with E-state index in [2.05, 4.69) is 37.4 Å². The molecule has 1 heterocycles. The number of rotatable bonds is 4. The van der Waals surface area contributed by atoms with Gasteiger partial charge in [0.05, 0.1) is 5.69 Å². The molecule has 3 unspecified atom stereocenters. The minimum atomic E-state index is 0.695. The zero-order valence-electron chi connectivity index (χ0n) is 12.2. The quantitative estimate of drug-likeness (QED) is 0.889. The predicted octanol–water partition coefficient (Wildman–Crippen LogP) is 2.90. The van der Waals surface area contributed by atoms with Crippen molar-refractivity contribution < 1.29 is 0 Å². The molecular formula is C15H27N3. The van der Waals surface area contributed by atoms with E-state index in [-0.39, 0.29) is 0 Å². The number of aromatic nitrogens is 2. The maximum Gasteiger partial charge on any atom is 0.0666 e. The van der Waals surface area contributed by atoms with Crippen molar-refractivity contribution in [3.8, 4) is 0 Å². The van der Waals surface area contributed by atoms with E-state index >= 15 is 0 Å². The van der Waals surface area contributed by atoms with Crippen LogP contribution in [-0.2, 0) is 20.0 Å². The average Bonchev–Trinajstić information content (AvgIpc) is 2.71.